The Morgan fingerprint density at radius 3 is 2.35 bits per heavy atom. The molecule has 0 bridgehead atoms. The molecule has 1 aromatic carbocycles. The first-order chi connectivity index (χ1) is 8.00. The van der Waals surface area contributed by atoms with Crippen LogP contribution in [-0.4, -0.2) is 22.7 Å². The van der Waals surface area contributed by atoms with Gasteiger partial charge in [-0.1, -0.05) is 37.3 Å². The van der Waals surface area contributed by atoms with Gasteiger partial charge in [-0.2, -0.15) is 0 Å². The molecule has 0 saturated heterocycles. The Balaban J connectivity index is 2.94. The first-order valence-corrected chi connectivity index (χ1v) is 6.05. The number of benzene rings is 1. The molecule has 1 atom stereocenters. The molecule has 1 rings (SSSR count). The number of carboxylic acid groups (broad SMARTS) is 1. The number of hydrogen-bond donors (Lipinski definition) is 2. The van der Waals surface area contributed by atoms with E-state index in [-0.39, 0.29) is 6.04 Å². The van der Waals surface area contributed by atoms with Crippen LogP contribution in [-0.2, 0) is 11.2 Å². The molecule has 0 aliphatic rings. The Morgan fingerprint density at radius 2 is 1.94 bits per heavy atom. The summed E-state index contributed by atoms with van der Waals surface area (Å²) >= 11 is 0. The van der Waals surface area contributed by atoms with Crippen LogP contribution in [0.3, 0.4) is 0 Å². The van der Waals surface area contributed by atoms with Crippen LogP contribution < -0.4 is 5.32 Å². The highest BCUT2D eigenvalue weighted by atomic mass is 16.4. The topological polar surface area (TPSA) is 49.3 Å². The molecule has 2 N–H and O–H groups in total. The average molecular weight is 235 g/mol. The van der Waals surface area contributed by atoms with E-state index < -0.39 is 11.5 Å². The van der Waals surface area contributed by atoms with Crippen molar-refractivity contribution in [3.8, 4) is 0 Å². The normalized spacial score (nSPS) is 14.6. The van der Waals surface area contributed by atoms with Gasteiger partial charge in [0, 0.05) is 12.5 Å². The number of aliphatic carboxylic acids is 1. The van der Waals surface area contributed by atoms with Gasteiger partial charge < -0.3 is 5.11 Å². The SMILES string of the molecule is CCC(Cc1ccccc1)(NC(C)C)C(=O)O. The predicted octanol–water partition coefficient (Wildman–Crippen LogP) is 2.46. The Morgan fingerprint density at radius 1 is 1.35 bits per heavy atom. The minimum atomic E-state index is -0.866. The van der Waals surface area contributed by atoms with E-state index >= 15 is 0 Å². The van der Waals surface area contributed by atoms with Crippen molar-refractivity contribution in [2.75, 3.05) is 0 Å². The lowest BCUT2D eigenvalue weighted by Crippen LogP contribution is -2.55. The summed E-state index contributed by atoms with van der Waals surface area (Å²) in [5.74, 6) is -0.780. The summed E-state index contributed by atoms with van der Waals surface area (Å²) in [6.07, 6.45) is 1.08. The van der Waals surface area contributed by atoms with Gasteiger partial charge in [0.25, 0.3) is 0 Å². The monoisotopic (exact) mass is 235 g/mol. The summed E-state index contributed by atoms with van der Waals surface area (Å²) in [6.45, 7) is 5.85. The van der Waals surface area contributed by atoms with Crippen molar-refractivity contribution < 1.29 is 9.90 Å². The number of carbonyl (C=O) groups is 1. The maximum absolute atomic E-state index is 11.5. The average Bonchev–Trinajstić information content (AvgIpc) is 2.28. The van der Waals surface area contributed by atoms with Crippen molar-refractivity contribution in [1.82, 2.24) is 5.32 Å². The molecule has 0 radical (unpaired) electrons. The number of rotatable bonds is 6. The van der Waals surface area contributed by atoms with Gasteiger partial charge >= 0.3 is 5.97 Å². The zero-order chi connectivity index (χ0) is 12.9. The van der Waals surface area contributed by atoms with Gasteiger partial charge in [-0.25, -0.2) is 0 Å². The predicted molar refractivity (Wildman–Crippen MR) is 69.1 cm³/mol. The highest BCUT2D eigenvalue weighted by Gasteiger charge is 2.36. The van der Waals surface area contributed by atoms with Crippen LogP contribution in [0.25, 0.3) is 0 Å². The van der Waals surface area contributed by atoms with E-state index in [1.165, 1.54) is 0 Å². The lowest BCUT2D eigenvalue weighted by atomic mass is 9.87. The first-order valence-electron chi connectivity index (χ1n) is 6.05. The van der Waals surface area contributed by atoms with E-state index in [0.717, 1.165) is 5.56 Å². The van der Waals surface area contributed by atoms with Crippen LogP contribution in [0, 0.1) is 0 Å². The molecule has 0 aromatic heterocycles. The molecule has 0 spiro atoms. The smallest absolute Gasteiger partial charge is 0.324 e. The fourth-order valence-electron chi connectivity index (χ4n) is 2.06. The lowest BCUT2D eigenvalue weighted by molar-refractivity contribution is -0.145. The summed E-state index contributed by atoms with van der Waals surface area (Å²) in [6, 6.07) is 9.90. The van der Waals surface area contributed by atoms with Crippen LogP contribution in [0.5, 0.6) is 0 Å². The van der Waals surface area contributed by atoms with E-state index in [9.17, 15) is 9.90 Å². The molecule has 0 saturated carbocycles. The van der Waals surface area contributed by atoms with Gasteiger partial charge in [-0.3, -0.25) is 10.1 Å². The molecule has 0 heterocycles. The third-order valence-electron chi connectivity index (χ3n) is 2.93. The summed E-state index contributed by atoms with van der Waals surface area (Å²) in [4.78, 5) is 11.5. The van der Waals surface area contributed by atoms with E-state index in [0.29, 0.717) is 12.8 Å². The quantitative estimate of drug-likeness (QED) is 0.796. The van der Waals surface area contributed by atoms with Crippen molar-refractivity contribution in [3.63, 3.8) is 0 Å². The van der Waals surface area contributed by atoms with Gasteiger partial charge in [0.05, 0.1) is 0 Å². The van der Waals surface area contributed by atoms with Gasteiger partial charge in [0.15, 0.2) is 0 Å². The fourth-order valence-corrected chi connectivity index (χ4v) is 2.06. The molecule has 3 heteroatoms. The lowest BCUT2D eigenvalue weighted by Gasteiger charge is -2.31. The van der Waals surface area contributed by atoms with Gasteiger partial charge in [0.1, 0.15) is 5.54 Å². The molecule has 17 heavy (non-hydrogen) atoms. The zero-order valence-electron chi connectivity index (χ0n) is 10.7. The maximum atomic E-state index is 11.5. The minimum absolute atomic E-state index is 0.148. The van der Waals surface area contributed by atoms with Crippen molar-refractivity contribution in [1.29, 1.82) is 0 Å². The van der Waals surface area contributed by atoms with Gasteiger partial charge in [-0.05, 0) is 25.8 Å². The second kappa shape index (κ2) is 5.82. The minimum Gasteiger partial charge on any atom is -0.480 e. The van der Waals surface area contributed by atoms with Crippen LogP contribution in [0.1, 0.15) is 32.8 Å². The van der Waals surface area contributed by atoms with Crippen LogP contribution in [0.2, 0.25) is 0 Å². The first kappa shape index (κ1) is 13.7. The molecule has 1 unspecified atom stereocenters. The summed E-state index contributed by atoms with van der Waals surface area (Å²) in [5, 5.41) is 12.7. The molecular weight excluding hydrogens is 214 g/mol. The summed E-state index contributed by atoms with van der Waals surface area (Å²) < 4.78 is 0. The number of hydrogen-bond acceptors (Lipinski definition) is 2. The maximum Gasteiger partial charge on any atom is 0.324 e. The van der Waals surface area contributed by atoms with Crippen molar-refractivity contribution >= 4 is 5.97 Å². The second-order valence-electron chi connectivity index (χ2n) is 4.70. The van der Waals surface area contributed by atoms with Crippen molar-refractivity contribution in [2.45, 2.75) is 45.2 Å². The van der Waals surface area contributed by atoms with Gasteiger partial charge in [0.2, 0.25) is 0 Å². The Kier molecular flexibility index (Phi) is 4.70. The molecule has 94 valence electrons. The number of carboxylic acids is 1. The zero-order valence-corrected chi connectivity index (χ0v) is 10.7. The van der Waals surface area contributed by atoms with E-state index in [1.807, 2.05) is 51.1 Å². The molecule has 0 amide bonds. The Bertz CT molecular complexity index is 362. The summed E-state index contributed by atoms with van der Waals surface area (Å²) in [5.41, 5.74) is 0.181. The van der Waals surface area contributed by atoms with Gasteiger partial charge in [-0.15, -0.1) is 0 Å². The molecule has 0 fully saturated rings. The van der Waals surface area contributed by atoms with Crippen LogP contribution in [0.4, 0.5) is 0 Å². The molecular formula is C14H21NO2. The van der Waals surface area contributed by atoms with Crippen LogP contribution in [0.15, 0.2) is 30.3 Å². The molecule has 0 aliphatic carbocycles. The standard InChI is InChI=1S/C14H21NO2/c1-4-14(13(16)17,15-11(2)3)10-12-8-6-5-7-9-12/h5-9,11,15H,4,10H2,1-3H3,(H,16,17). The third kappa shape index (κ3) is 3.56. The molecule has 3 nitrogen and oxygen atoms in total. The number of nitrogens with one attached hydrogen (secondary N) is 1. The molecule has 1 aromatic rings. The van der Waals surface area contributed by atoms with Crippen LogP contribution >= 0.6 is 0 Å². The Hall–Kier alpha value is -1.35. The molecule has 0 aliphatic heterocycles. The van der Waals surface area contributed by atoms with Crippen molar-refractivity contribution in [2.24, 2.45) is 0 Å². The van der Waals surface area contributed by atoms with E-state index in [4.69, 9.17) is 0 Å². The van der Waals surface area contributed by atoms with E-state index in [1.54, 1.807) is 0 Å². The fraction of sp³-hybridized carbons (Fsp3) is 0.500. The second-order valence-corrected chi connectivity index (χ2v) is 4.70. The third-order valence-corrected chi connectivity index (χ3v) is 2.93. The Labute approximate surface area is 103 Å². The highest BCUT2D eigenvalue weighted by molar-refractivity contribution is 5.79. The van der Waals surface area contributed by atoms with Crippen molar-refractivity contribution in [3.05, 3.63) is 35.9 Å². The summed E-state index contributed by atoms with van der Waals surface area (Å²) in [7, 11) is 0. The van der Waals surface area contributed by atoms with E-state index in [2.05, 4.69) is 5.32 Å². The largest absolute Gasteiger partial charge is 0.480 e. The highest BCUT2D eigenvalue weighted by Crippen LogP contribution is 2.19.